The average molecular weight is 403 g/mol. The van der Waals surface area contributed by atoms with Gasteiger partial charge in [0.15, 0.2) is 0 Å². The molecule has 2 aliphatic rings. The highest BCUT2D eigenvalue weighted by atomic mass is 127. The molecule has 2 aliphatic heterocycles. The van der Waals surface area contributed by atoms with Crippen molar-refractivity contribution in [1.82, 2.24) is 10.3 Å². The molecule has 0 saturated heterocycles. The Morgan fingerprint density at radius 1 is 1.05 bits per heavy atom. The van der Waals surface area contributed by atoms with Gasteiger partial charge in [-0.05, 0) is 46.9 Å². The second-order valence-electron chi connectivity index (χ2n) is 5.30. The molecule has 0 saturated carbocycles. The molecule has 0 atom stereocenters. The Morgan fingerprint density at radius 2 is 1.77 bits per heavy atom. The first kappa shape index (κ1) is 13.5. The Hall–Kier alpha value is -2.15. The topological polar surface area (TPSA) is 38.7 Å². The third kappa shape index (κ3) is 1.96. The van der Waals surface area contributed by atoms with Gasteiger partial charge in [0.25, 0.3) is 0 Å². The fraction of sp³-hybridized carbons (Fsp3) is 0.0588. The van der Waals surface area contributed by atoms with Crippen LogP contribution in [0.15, 0.2) is 60.1 Å². The van der Waals surface area contributed by atoms with Crippen molar-refractivity contribution in [1.29, 1.82) is 0 Å². The maximum Gasteiger partial charge on any atom is 0.237 e. The summed E-state index contributed by atoms with van der Waals surface area (Å²) in [4.78, 5) is 1.95. The predicted molar refractivity (Wildman–Crippen MR) is 95.8 cm³/mol. The van der Waals surface area contributed by atoms with E-state index in [1.807, 2.05) is 54.5 Å². The third-order valence-corrected chi connectivity index (χ3v) is 4.60. The van der Waals surface area contributed by atoms with E-state index in [-0.39, 0.29) is 5.88 Å². The van der Waals surface area contributed by atoms with Gasteiger partial charge in [-0.1, -0.05) is 24.3 Å². The van der Waals surface area contributed by atoms with E-state index in [1.54, 1.807) is 5.01 Å². The largest absolute Gasteiger partial charge is 0.492 e. The van der Waals surface area contributed by atoms with Gasteiger partial charge in [0.2, 0.25) is 5.88 Å². The number of nitrogens with one attached hydrogen (secondary N) is 1. The van der Waals surface area contributed by atoms with Crippen LogP contribution in [0.5, 0.6) is 0 Å². The van der Waals surface area contributed by atoms with Crippen molar-refractivity contribution in [3.05, 3.63) is 74.1 Å². The van der Waals surface area contributed by atoms with Crippen molar-refractivity contribution in [3.63, 3.8) is 0 Å². The highest BCUT2D eigenvalue weighted by Crippen LogP contribution is 2.30. The van der Waals surface area contributed by atoms with Crippen LogP contribution >= 0.6 is 22.6 Å². The zero-order valence-electron chi connectivity index (χ0n) is 11.9. The van der Waals surface area contributed by atoms with Gasteiger partial charge >= 0.3 is 0 Å². The van der Waals surface area contributed by atoms with E-state index < -0.39 is 0 Å². The molecule has 5 heteroatoms. The monoisotopic (exact) mass is 403 g/mol. The summed E-state index contributed by atoms with van der Waals surface area (Å²) in [5, 5.41) is 14.6. The minimum Gasteiger partial charge on any atom is -0.492 e. The molecule has 0 radical (unpaired) electrons. The van der Waals surface area contributed by atoms with Gasteiger partial charge < -0.3 is 10.0 Å². The Balaban J connectivity index is 1.90. The van der Waals surface area contributed by atoms with E-state index in [4.69, 9.17) is 0 Å². The fourth-order valence-electron chi connectivity index (χ4n) is 2.84. The number of aliphatic hydroxyl groups excluding tert-OH is 1. The SMILES string of the molecule is CN1C=c2ccccc2=C2NN(c3ccc(I)cc3)C(O)=C21. The molecular formula is C17H14IN3O. The van der Waals surface area contributed by atoms with Crippen LogP contribution in [0.1, 0.15) is 0 Å². The summed E-state index contributed by atoms with van der Waals surface area (Å²) < 4.78 is 1.16. The quantitative estimate of drug-likeness (QED) is 0.713. The number of likely N-dealkylation sites (N-methyl/N-ethyl adjacent to an activating group) is 1. The summed E-state index contributed by atoms with van der Waals surface area (Å²) in [6, 6.07) is 16.2. The summed E-state index contributed by atoms with van der Waals surface area (Å²) in [7, 11) is 1.95. The van der Waals surface area contributed by atoms with E-state index in [2.05, 4.69) is 40.1 Å². The van der Waals surface area contributed by atoms with Gasteiger partial charge in [0.05, 0.1) is 11.4 Å². The van der Waals surface area contributed by atoms with Crippen LogP contribution in [0.4, 0.5) is 5.69 Å². The fourth-order valence-corrected chi connectivity index (χ4v) is 3.20. The summed E-state index contributed by atoms with van der Waals surface area (Å²) in [5.74, 6) is 0.212. The molecule has 4 rings (SSSR count). The zero-order chi connectivity index (χ0) is 15.3. The first-order valence-electron chi connectivity index (χ1n) is 6.95. The van der Waals surface area contributed by atoms with E-state index in [0.717, 1.165) is 31.1 Å². The van der Waals surface area contributed by atoms with E-state index >= 15 is 0 Å². The Labute approximate surface area is 141 Å². The highest BCUT2D eigenvalue weighted by molar-refractivity contribution is 14.1. The minimum atomic E-state index is 0.212. The zero-order valence-corrected chi connectivity index (χ0v) is 14.1. The smallest absolute Gasteiger partial charge is 0.237 e. The Bertz CT molecular complexity index is 902. The number of benzene rings is 2. The number of halogens is 1. The van der Waals surface area contributed by atoms with Crippen LogP contribution in [0, 0.1) is 3.57 Å². The van der Waals surface area contributed by atoms with Crippen LogP contribution in [0.2, 0.25) is 0 Å². The second-order valence-corrected chi connectivity index (χ2v) is 6.54. The lowest BCUT2D eigenvalue weighted by atomic mass is 10.1. The lowest BCUT2D eigenvalue weighted by Gasteiger charge is -2.20. The lowest BCUT2D eigenvalue weighted by molar-refractivity contribution is 0.376. The number of aliphatic hydroxyl groups is 1. The molecule has 0 spiro atoms. The van der Waals surface area contributed by atoms with Crippen LogP contribution in [-0.4, -0.2) is 17.1 Å². The number of rotatable bonds is 1. The van der Waals surface area contributed by atoms with Gasteiger partial charge in [0.1, 0.15) is 5.70 Å². The van der Waals surface area contributed by atoms with E-state index in [1.165, 1.54) is 0 Å². The normalized spacial score (nSPS) is 16.2. The molecule has 0 fully saturated rings. The first-order chi connectivity index (χ1) is 10.6. The molecule has 110 valence electrons. The van der Waals surface area contributed by atoms with Crippen molar-refractivity contribution in [2.24, 2.45) is 0 Å². The van der Waals surface area contributed by atoms with Crippen molar-refractivity contribution in [2.45, 2.75) is 0 Å². The number of hydrazine groups is 1. The molecular weight excluding hydrogens is 389 g/mol. The number of hydrogen-bond acceptors (Lipinski definition) is 4. The van der Waals surface area contributed by atoms with Crippen molar-refractivity contribution in [3.8, 4) is 0 Å². The number of anilines is 1. The summed E-state index contributed by atoms with van der Waals surface area (Å²) in [6.07, 6.45) is 2.03. The summed E-state index contributed by atoms with van der Waals surface area (Å²) in [5.41, 5.74) is 5.94. The first-order valence-corrected chi connectivity index (χ1v) is 8.03. The van der Waals surface area contributed by atoms with Crippen molar-refractivity contribution < 1.29 is 5.11 Å². The van der Waals surface area contributed by atoms with Gasteiger partial charge in [-0.25, -0.2) is 5.01 Å². The predicted octanol–water partition coefficient (Wildman–Crippen LogP) is 1.83. The molecule has 22 heavy (non-hydrogen) atoms. The van der Waals surface area contributed by atoms with Crippen LogP contribution in [-0.2, 0) is 0 Å². The van der Waals surface area contributed by atoms with Gasteiger partial charge in [-0.15, -0.1) is 0 Å². The Kier molecular flexibility index (Phi) is 3.04. The Morgan fingerprint density at radius 3 is 2.55 bits per heavy atom. The second kappa shape index (κ2) is 4.95. The highest BCUT2D eigenvalue weighted by Gasteiger charge is 2.31. The van der Waals surface area contributed by atoms with Crippen LogP contribution in [0.3, 0.4) is 0 Å². The van der Waals surface area contributed by atoms with Crippen LogP contribution < -0.4 is 20.9 Å². The molecule has 2 heterocycles. The minimum absolute atomic E-state index is 0.212. The number of nitrogens with zero attached hydrogens (tertiary/aromatic N) is 2. The maximum atomic E-state index is 10.7. The molecule has 4 nitrogen and oxygen atoms in total. The average Bonchev–Trinajstić information content (AvgIpc) is 2.87. The van der Waals surface area contributed by atoms with Gasteiger partial charge in [-0.2, -0.15) is 0 Å². The van der Waals surface area contributed by atoms with Crippen LogP contribution in [0.25, 0.3) is 11.9 Å². The van der Waals surface area contributed by atoms with Crippen molar-refractivity contribution in [2.75, 3.05) is 12.1 Å². The van der Waals surface area contributed by atoms with Crippen molar-refractivity contribution >= 4 is 40.2 Å². The molecule has 0 unspecified atom stereocenters. The van der Waals surface area contributed by atoms with Gasteiger partial charge in [0, 0.05) is 27.3 Å². The molecule has 0 aromatic heterocycles. The molecule has 0 amide bonds. The molecule has 2 aromatic rings. The molecule has 2 N–H and O–H groups in total. The molecule has 0 aliphatic carbocycles. The number of hydrogen-bond donors (Lipinski definition) is 2. The molecule has 2 aromatic carbocycles. The number of fused-ring (bicyclic) bond motifs is 2. The van der Waals surface area contributed by atoms with Gasteiger partial charge in [-0.3, -0.25) is 5.43 Å². The maximum absolute atomic E-state index is 10.7. The third-order valence-electron chi connectivity index (χ3n) is 3.88. The summed E-state index contributed by atoms with van der Waals surface area (Å²) in [6.45, 7) is 0. The molecule has 0 bridgehead atoms. The van der Waals surface area contributed by atoms with E-state index in [0.29, 0.717) is 0 Å². The van der Waals surface area contributed by atoms with E-state index in [9.17, 15) is 5.11 Å². The summed E-state index contributed by atoms with van der Waals surface area (Å²) >= 11 is 2.27. The standard InChI is InChI=1S/C17H14IN3O/c1-20-10-11-4-2-3-5-14(11)15-16(20)17(22)21(19-15)13-8-6-12(18)7-9-13/h2-10,19,22H,1H3. The lowest BCUT2D eigenvalue weighted by Crippen LogP contribution is -2.40.